The third-order valence-corrected chi connectivity index (χ3v) is 3.27. The summed E-state index contributed by atoms with van der Waals surface area (Å²) in [4.78, 5) is 12.5. The number of benzene rings is 1. The van der Waals surface area contributed by atoms with Gasteiger partial charge in [-0.15, -0.1) is 0 Å². The third kappa shape index (κ3) is 2.35. The van der Waals surface area contributed by atoms with Crippen LogP contribution in [0.5, 0.6) is 0 Å². The molecule has 2 atom stereocenters. The Morgan fingerprint density at radius 1 is 1.44 bits per heavy atom. The van der Waals surface area contributed by atoms with Gasteiger partial charge in [0, 0.05) is 12.6 Å². The summed E-state index contributed by atoms with van der Waals surface area (Å²) in [5.74, 6) is 0.466. The van der Waals surface area contributed by atoms with Crippen molar-refractivity contribution in [2.24, 2.45) is 5.92 Å². The molecule has 1 aromatic rings. The van der Waals surface area contributed by atoms with Crippen LogP contribution in [0.4, 0.5) is 4.79 Å². The molecule has 0 aliphatic carbocycles. The van der Waals surface area contributed by atoms with E-state index < -0.39 is 6.09 Å². The molecule has 16 heavy (non-hydrogen) atoms. The van der Waals surface area contributed by atoms with Crippen LogP contribution in [0.15, 0.2) is 30.3 Å². The Hall–Kier alpha value is -1.51. The van der Waals surface area contributed by atoms with E-state index in [2.05, 4.69) is 12.1 Å². The van der Waals surface area contributed by atoms with Gasteiger partial charge >= 0.3 is 6.09 Å². The highest BCUT2D eigenvalue weighted by atomic mass is 16.4. The maximum absolute atomic E-state index is 10.9. The summed E-state index contributed by atoms with van der Waals surface area (Å²) in [5.41, 5.74) is 1.30. The summed E-state index contributed by atoms with van der Waals surface area (Å²) in [6.45, 7) is 2.66. The summed E-state index contributed by atoms with van der Waals surface area (Å²) in [6.07, 6.45) is 1.17. The van der Waals surface area contributed by atoms with E-state index in [9.17, 15) is 4.79 Å². The van der Waals surface area contributed by atoms with Gasteiger partial charge in [-0.2, -0.15) is 0 Å². The van der Waals surface area contributed by atoms with E-state index >= 15 is 0 Å². The molecule has 3 heteroatoms. The van der Waals surface area contributed by atoms with E-state index in [4.69, 9.17) is 5.11 Å². The van der Waals surface area contributed by atoms with Crippen LogP contribution in [0.3, 0.4) is 0 Å². The van der Waals surface area contributed by atoms with E-state index in [1.54, 1.807) is 4.90 Å². The summed E-state index contributed by atoms with van der Waals surface area (Å²) in [5, 5.41) is 8.99. The zero-order valence-corrected chi connectivity index (χ0v) is 9.47. The number of hydrogen-bond donors (Lipinski definition) is 1. The first-order valence-corrected chi connectivity index (χ1v) is 5.70. The lowest BCUT2D eigenvalue weighted by molar-refractivity contribution is 0.142. The SMILES string of the molecule is C[C@@H]1C[C@H](Cc2ccccc2)CN1C(=O)O. The molecule has 1 aliphatic rings. The van der Waals surface area contributed by atoms with Gasteiger partial charge in [-0.1, -0.05) is 30.3 Å². The van der Waals surface area contributed by atoms with Gasteiger partial charge in [0.15, 0.2) is 0 Å². The van der Waals surface area contributed by atoms with E-state index in [0.29, 0.717) is 12.5 Å². The molecule has 1 fully saturated rings. The third-order valence-electron chi connectivity index (χ3n) is 3.27. The lowest BCUT2D eigenvalue weighted by Crippen LogP contribution is -2.32. The number of nitrogens with zero attached hydrogens (tertiary/aromatic N) is 1. The van der Waals surface area contributed by atoms with Gasteiger partial charge in [-0.3, -0.25) is 0 Å². The minimum Gasteiger partial charge on any atom is -0.465 e. The standard InChI is InChI=1S/C13H17NO2/c1-10-7-12(9-14(10)13(15)16)8-11-5-3-2-4-6-11/h2-6,10,12H,7-9H2,1H3,(H,15,16)/t10-,12-/m1/s1. The van der Waals surface area contributed by atoms with Gasteiger partial charge in [-0.25, -0.2) is 4.79 Å². The molecule has 0 saturated carbocycles. The molecule has 1 amide bonds. The van der Waals surface area contributed by atoms with Crippen LogP contribution in [0, 0.1) is 5.92 Å². The second-order valence-electron chi connectivity index (χ2n) is 4.58. The molecule has 1 saturated heterocycles. The van der Waals surface area contributed by atoms with Gasteiger partial charge in [0.1, 0.15) is 0 Å². The van der Waals surface area contributed by atoms with E-state index in [1.165, 1.54) is 5.56 Å². The van der Waals surface area contributed by atoms with Crippen molar-refractivity contribution in [2.75, 3.05) is 6.54 Å². The van der Waals surface area contributed by atoms with Gasteiger partial charge in [-0.05, 0) is 31.2 Å². The maximum Gasteiger partial charge on any atom is 0.407 e. The average molecular weight is 219 g/mol. The van der Waals surface area contributed by atoms with Gasteiger partial charge in [0.25, 0.3) is 0 Å². The number of hydrogen-bond acceptors (Lipinski definition) is 1. The molecule has 0 spiro atoms. The van der Waals surface area contributed by atoms with Crippen molar-refractivity contribution in [3.63, 3.8) is 0 Å². The highest BCUT2D eigenvalue weighted by Crippen LogP contribution is 2.25. The van der Waals surface area contributed by atoms with Crippen LogP contribution in [-0.4, -0.2) is 28.7 Å². The summed E-state index contributed by atoms with van der Waals surface area (Å²) < 4.78 is 0. The number of likely N-dealkylation sites (tertiary alicyclic amines) is 1. The number of rotatable bonds is 2. The van der Waals surface area contributed by atoms with Crippen molar-refractivity contribution in [2.45, 2.75) is 25.8 Å². The summed E-state index contributed by atoms with van der Waals surface area (Å²) >= 11 is 0. The quantitative estimate of drug-likeness (QED) is 0.830. The van der Waals surface area contributed by atoms with Crippen molar-refractivity contribution in [1.82, 2.24) is 4.90 Å². The zero-order chi connectivity index (χ0) is 11.5. The second-order valence-corrected chi connectivity index (χ2v) is 4.58. The molecular weight excluding hydrogens is 202 g/mol. The second kappa shape index (κ2) is 4.56. The van der Waals surface area contributed by atoms with Crippen molar-refractivity contribution in [3.05, 3.63) is 35.9 Å². The van der Waals surface area contributed by atoms with E-state index in [-0.39, 0.29) is 6.04 Å². The topological polar surface area (TPSA) is 40.5 Å². The average Bonchev–Trinajstić information content (AvgIpc) is 2.61. The fourth-order valence-corrected chi connectivity index (χ4v) is 2.50. The van der Waals surface area contributed by atoms with Crippen LogP contribution in [0.25, 0.3) is 0 Å². The predicted molar refractivity (Wildman–Crippen MR) is 62.4 cm³/mol. The van der Waals surface area contributed by atoms with Gasteiger partial charge < -0.3 is 10.0 Å². The molecule has 3 nitrogen and oxygen atoms in total. The largest absolute Gasteiger partial charge is 0.465 e. The first kappa shape index (κ1) is 11.0. The Kier molecular flexibility index (Phi) is 3.13. The molecule has 0 bridgehead atoms. The Morgan fingerprint density at radius 3 is 2.69 bits per heavy atom. The van der Waals surface area contributed by atoms with Gasteiger partial charge in [0.2, 0.25) is 0 Å². The highest BCUT2D eigenvalue weighted by molar-refractivity contribution is 5.65. The van der Waals surface area contributed by atoms with Crippen molar-refractivity contribution in [1.29, 1.82) is 0 Å². The minimum atomic E-state index is -0.789. The molecule has 86 valence electrons. The molecule has 2 rings (SSSR count). The first-order valence-electron chi connectivity index (χ1n) is 5.70. The number of carbonyl (C=O) groups is 1. The molecule has 0 aromatic heterocycles. The molecule has 0 radical (unpaired) electrons. The fourth-order valence-electron chi connectivity index (χ4n) is 2.50. The summed E-state index contributed by atoms with van der Waals surface area (Å²) in [7, 11) is 0. The molecule has 1 aliphatic heterocycles. The molecular formula is C13H17NO2. The Labute approximate surface area is 95.7 Å². The monoisotopic (exact) mass is 219 g/mol. The Morgan fingerprint density at radius 2 is 2.12 bits per heavy atom. The Bertz CT molecular complexity index is 363. The van der Waals surface area contributed by atoms with Crippen molar-refractivity contribution in [3.8, 4) is 0 Å². The molecule has 0 unspecified atom stereocenters. The Balaban J connectivity index is 1.96. The lowest BCUT2D eigenvalue weighted by Gasteiger charge is -2.16. The predicted octanol–water partition coefficient (Wildman–Crippen LogP) is 2.62. The van der Waals surface area contributed by atoms with Crippen molar-refractivity contribution < 1.29 is 9.90 Å². The maximum atomic E-state index is 10.9. The molecule has 1 aromatic carbocycles. The smallest absolute Gasteiger partial charge is 0.407 e. The van der Waals surface area contributed by atoms with E-state index in [0.717, 1.165) is 12.8 Å². The fraction of sp³-hybridized carbons (Fsp3) is 0.462. The molecule has 1 N–H and O–H groups in total. The molecule has 1 heterocycles. The van der Waals surface area contributed by atoms with E-state index in [1.807, 2.05) is 25.1 Å². The minimum absolute atomic E-state index is 0.159. The number of carboxylic acid groups (broad SMARTS) is 1. The van der Waals surface area contributed by atoms with Crippen LogP contribution in [0.2, 0.25) is 0 Å². The van der Waals surface area contributed by atoms with Gasteiger partial charge in [0.05, 0.1) is 0 Å². The zero-order valence-electron chi connectivity index (χ0n) is 9.47. The van der Waals surface area contributed by atoms with Crippen LogP contribution < -0.4 is 0 Å². The summed E-state index contributed by atoms with van der Waals surface area (Å²) in [6, 6.07) is 10.4. The normalized spacial score (nSPS) is 24.7. The highest BCUT2D eigenvalue weighted by Gasteiger charge is 2.31. The lowest BCUT2D eigenvalue weighted by atomic mass is 9.97. The number of amides is 1. The first-order chi connectivity index (χ1) is 7.66. The van der Waals surface area contributed by atoms with Crippen LogP contribution >= 0.6 is 0 Å². The van der Waals surface area contributed by atoms with Crippen molar-refractivity contribution >= 4 is 6.09 Å². The van der Waals surface area contributed by atoms with Crippen LogP contribution in [-0.2, 0) is 6.42 Å². The van der Waals surface area contributed by atoms with Crippen LogP contribution in [0.1, 0.15) is 18.9 Å².